The first kappa shape index (κ1) is 20.9. The standard InChI is InChI=1S/C22H22ClNO5S/c1-3-28-22(25)21-14(2)18-13-17(10-11-20(18)29-21)30(26,27)24-12-4-5-19(24)15-6-8-16(23)9-7-15/h6-11,13,19H,3-5,12H2,1-2H3/t19-/m1/s1. The van der Waals surface area contributed by atoms with Crippen molar-refractivity contribution in [2.24, 2.45) is 0 Å². The highest BCUT2D eigenvalue weighted by Crippen LogP contribution is 2.38. The summed E-state index contributed by atoms with van der Waals surface area (Å²) in [6.07, 6.45) is 1.54. The largest absolute Gasteiger partial charge is 0.460 e. The minimum Gasteiger partial charge on any atom is -0.460 e. The zero-order valence-electron chi connectivity index (χ0n) is 16.7. The highest BCUT2D eigenvalue weighted by molar-refractivity contribution is 7.89. The summed E-state index contributed by atoms with van der Waals surface area (Å²) in [7, 11) is -3.73. The average Bonchev–Trinajstić information content (AvgIpc) is 3.34. The number of benzene rings is 2. The van der Waals surface area contributed by atoms with Crippen LogP contribution in [0.5, 0.6) is 0 Å². The van der Waals surface area contributed by atoms with Gasteiger partial charge in [0, 0.05) is 22.5 Å². The molecule has 1 aliphatic rings. The Morgan fingerprint density at radius 1 is 1.23 bits per heavy atom. The van der Waals surface area contributed by atoms with E-state index in [0.29, 0.717) is 28.1 Å². The predicted molar refractivity (Wildman–Crippen MR) is 114 cm³/mol. The number of carbonyl (C=O) groups excluding carboxylic acids is 1. The number of hydrogen-bond acceptors (Lipinski definition) is 5. The van der Waals surface area contributed by atoms with Gasteiger partial charge in [-0.15, -0.1) is 0 Å². The van der Waals surface area contributed by atoms with E-state index in [1.54, 1.807) is 42.4 Å². The molecule has 0 aliphatic carbocycles. The molecule has 6 nitrogen and oxygen atoms in total. The smallest absolute Gasteiger partial charge is 0.374 e. The van der Waals surface area contributed by atoms with E-state index in [2.05, 4.69) is 0 Å². The molecule has 8 heteroatoms. The van der Waals surface area contributed by atoms with Gasteiger partial charge >= 0.3 is 5.97 Å². The molecule has 158 valence electrons. The molecule has 0 amide bonds. The molecule has 0 spiro atoms. The van der Waals surface area contributed by atoms with Crippen LogP contribution in [0, 0.1) is 6.92 Å². The summed E-state index contributed by atoms with van der Waals surface area (Å²) in [5.41, 5.74) is 1.94. The quantitative estimate of drug-likeness (QED) is 0.508. The predicted octanol–water partition coefficient (Wildman–Crippen LogP) is 5.10. The number of sulfonamides is 1. The van der Waals surface area contributed by atoms with E-state index in [0.717, 1.165) is 18.4 Å². The van der Waals surface area contributed by atoms with Crippen LogP contribution < -0.4 is 0 Å². The van der Waals surface area contributed by atoms with Gasteiger partial charge in [-0.1, -0.05) is 23.7 Å². The molecular weight excluding hydrogens is 426 g/mol. The SMILES string of the molecule is CCOC(=O)c1oc2ccc(S(=O)(=O)N3CCC[C@@H]3c3ccc(Cl)cc3)cc2c1C. The van der Waals surface area contributed by atoms with E-state index in [4.69, 9.17) is 20.8 Å². The first-order chi connectivity index (χ1) is 14.3. The Morgan fingerprint density at radius 3 is 2.67 bits per heavy atom. The number of hydrogen-bond donors (Lipinski definition) is 0. The highest BCUT2D eigenvalue weighted by atomic mass is 35.5. The van der Waals surface area contributed by atoms with Gasteiger partial charge in [-0.05, 0) is 62.6 Å². The summed E-state index contributed by atoms with van der Waals surface area (Å²) in [6.45, 7) is 4.12. The molecule has 1 atom stereocenters. The maximum atomic E-state index is 13.5. The Hall–Kier alpha value is -2.35. The second kappa shape index (κ2) is 8.06. The van der Waals surface area contributed by atoms with Crippen molar-refractivity contribution in [1.29, 1.82) is 0 Å². The summed E-state index contributed by atoms with van der Waals surface area (Å²) in [6, 6.07) is 11.7. The second-order valence-corrected chi connectivity index (χ2v) is 9.59. The Balaban J connectivity index is 1.72. The van der Waals surface area contributed by atoms with E-state index in [-0.39, 0.29) is 23.3 Å². The molecule has 4 rings (SSSR count). The fourth-order valence-electron chi connectivity index (χ4n) is 3.93. The first-order valence-electron chi connectivity index (χ1n) is 9.80. The van der Waals surface area contributed by atoms with Gasteiger partial charge in [0.25, 0.3) is 0 Å². The van der Waals surface area contributed by atoms with Crippen molar-refractivity contribution in [3.8, 4) is 0 Å². The summed E-state index contributed by atoms with van der Waals surface area (Å²) >= 11 is 5.98. The van der Waals surface area contributed by atoms with Crippen LogP contribution in [-0.4, -0.2) is 31.8 Å². The summed E-state index contributed by atoms with van der Waals surface area (Å²) in [4.78, 5) is 12.3. The van der Waals surface area contributed by atoms with Gasteiger partial charge in [0.15, 0.2) is 0 Å². The van der Waals surface area contributed by atoms with Gasteiger partial charge in [-0.2, -0.15) is 4.31 Å². The summed E-state index contributed by atoms with van der Waals surface area (Å²) in [5.74, 6) is -0.459. The molecule has 0 bridgehead atoms. The van der Waals surface area contributed by atoms with Crippen LogP contribution in [0.1, 0.15) is 47.5 Å². The molecule has 1 saturated heterocycles. The third-order valence-corrected chi connectivity index (χ3v) is 7.59. The molecule has 1 aliphatic heterocycles. The molecule has 0 unspecified atom stereocenters. The molecule has 2 heterocycles. The normalized spacial score (nSPS) is 17.5. The third kappa shape index (κ3) is 3.62. The van der Waals surface area contributed by atoms with Crippen molar-refractivity contribution in [2.45, 2.75) is 37.6 Å². The van der Waals surface area contributed by atoms with Crippen molar-refractivity contribution in [3.63, 3.8) is 0 Å². The molecule has 3 aromatic rings. The molecule has 0 saturated carbocycles. The van der Waals surface area contributed by atoms with Crippen molar-refractivity contribution < 1.29 is 22.4 Å². The molecular formula is C22H22ClNO5S. The van der Waals surface area contributed by atoms with Gasteiger partial charge in [-0.25, -0.2) is 13.2 Å². The Bertz CT molecular complexity index is 1200. The van der Waals surface area contributed by atoms with E-state index >= 15 is 0 Å². The van der Waals surface area contributed by atoms with E-state index < -0.39 is 16.0 Å². The molecule has 0 radical (unpaired) electrons. The second-order valence-electron chi connectivity index (χ2n) is 7.26. The van der Waals surface area contributed by atoms with Crippen LogP contribution in [0.4, 0.5) is 0 Å². The molecule has 30 heavy (non-hydrogen) atoms. The Morgan fingerprint density at radius 2 is 1.97 bits per heavy atom. The van der Waals surface area contributed by atoms with Gasteiger partial charge < -0.3 is 9.15 Å². The average molecular weight is 448 g/mol. The van der Waals surface area contributed by atoms with E-state index in [1.165, 1.54) is 6.07 Å². The number of halogens is 1. The van der Waals surface area contributed by atoms with E-state index in [9.17, 15) is 13.2 Å². The van der Waals surface area contributed by atoms with E-state index in [1.807, 2.05) is 12.1 Å². The third-order valence-electron chi connectivity index (χ3n) is 5.43. The number of fused-ring (bicyclic) bond motifs is 1. The van der Waals surface area contributed by atoms with Crippen LogP contribution in [0.25, 0.3) is 11.0 Å². The Labute approximate surface area is 180 Å². The topological polar surface area (TPSA) is 76.8 Å². The lowest BCUT2D eigenvalue weighted by Crippen LogP contribution is -2.30. The maximum Gasteiger partial charge on any atom is 0.374 e. The first-order valence-corrected chi connectivity index (χ1v) is 11.6. The number of furan rings is 1. The molecule has 1 fully saturated rings. The number of rotatable bonds is 5. The van der Waals surface area contributed by atoms with Gasteiger partial charge in [0.2, 0.25) is 15.8 Å². The number of aryl methyl sites for hydroxylation is 1. The van der Waals surface area contributed by atoms with Gasteiger partial charge in [0.05, 0.1) is 17.5 Å². The summed E-state index contributed by atoms with van der Waals surface area (Å²) in [5, 5.41) is 1.20. The van der Waals surface area contributed by atoms with Crippen LogP contribution in [0.3, 0.4) is 0 Å². The molecule has 2 aromatic carbocycles. The minimum absolute atomic E-state index is 0.0987. The van der Waals surface area contributed by atoms with Crippen LogP contribution in [0.15, 0.2) is 51.8 Å². The Kier molecular flexibility index (Phi) is 5.61. The zero-order valence-corrected chi connectivity index (χ0v) is 18.3. The fourth-order valence-corrected chi connectivity index (χ4v) is 5.77. The van der Waals surface area contributed by atoms with Crippen molar-refractivity contribution >= 4 is 38.6 Å². The minimum atomic E-state index is -3.73. The zero-order chi connectivity index (χ0) is 21.5. The fraction of sp³-hybridized carbons (Fsp3) is 0.318. The van der Waals surface area contributed by atoms with Crippen LogP contribution in [0.2, 0.25) is 5.02 Å². The maximum absolute atomic E-state index is 13.5. The van der Waals surface area contributed by atoms with Crippen molar-refractivity contribution in [3.05, 3.63) is 64.4 Å². The molecule has 0 N–H and O–H groups in total. The molecule has 1 aromatic heterocycles. The number of nitrogens with zero attached hydrogens (tertiary/aromatic N) is 1. The van der Waals surface area contributed by atoms with Crippen LogP contribution in [-0.2, 0) is 14.8 Å². The van der Waals surface area contributed by atoms with Crippen LogP contribution >= 0.6 is 11.6 Å². The number of ether oxygens (including phenoxy) is 1. The highest BCUT2D eigenvalue weighted by Gasteiger charge is 2.36. The van der Waals surface area contributed by atoms with Gasteiger partial charge in [0.1, 0.15) is 5.58 Å². The lowest BCUT2D eigenvalue weighted by molar-refractivity contribution is 0.0491. The van der Waals surface area contributed by atoms with Crippen molar-refractivity contribution in [2.75, 3.05) is 13.2 Å². The monoisotopic (exact) mass is 447 g/mol. The van der Waals surface area contributed by atoms with Gasteiger partial charge in [-0.3, -0.25) is 0 Å². The summed E-state index contributed by atoms with van der Waals surface area (Å²) < 4.78 is 39.1. The number of carbonyl (C=O) groups is 1. The number of esters is 1. The lowest BCUT2D eigenvalue weighted by atomic mass is 10.1. The lowest BCUT2D eigenvalue weighted by Gasteiger charge is -2.24. The van der Waals surface area contributed by atoms with Crippen molar-refractivity contribution in [1.82, 2.24) is 4.31 Å².